The van der Waals surface area contributed by atoms with E-state index >= 15 is 0 Å². The number of anilines is 3. The number of rotatable bonds is 4. The molecule has 1 spiro atoms. The van der Waals surface area contributed by atoms with Gasteiger partial charge in [0, 0.05) is 44.6 Å². The van der Waals surface area contributed by atoms with E-state index in [-0.39, 0.29) is 0 Å². The summed E-state index contributed by atoms with van der Waals surface area (Å²) in [6.07, 6.45) is 0. The Morgan fingerprint density at radius 2 is 1.02 bits per heavy atom. The molecule has 280 valence electrons. The summed E-state index contributed by atoms with van der Waals surface area (Å²) in [4.78, 5) is 2.40. The Kier molecular flexibility index (Phi) is 6.93. The molecule has 0 fully saturated rings. The summed E-state index contributed by atoms with van der Waals surface area (Å²) < 4.78 is 9.34. The highest BCUT2D eigenvalue weighted by molar-refractivity contribution is 6.11. The lowest BCUT2D eigenvalue weighted by Gasteiger charge is -2.45. The fourth-order valence-electron chi connectivity index (χ4n) is 10.5. The predicted octanol–water partition coefficient (Wildman–Crippen LogP) is 15.0. The van der Waals surface area contributed by atoms with Crippen LogP contribution in [0.4, 0.5) is 17.1 Å². The van der Waals surface area contributed by atoms with Crippen molar-refractivity contribution in [2.24, 2.45) is 0 Å². The number of hydrogen-bond acceptors (Lipinski definition) is 2. The van der Waals surface area contributed by atoms with Crippen LogP contribution in [0.1, 0.15) is 22.3 Å². The van der Waals surface area contributed by atoms with Gasteiger partial charge in [-0.1, -0.05) is 152 Å². The van der Waals surface area contributed by atoms with Gasteiger partial charge in [-0.2, -0.15) is 0 Å². The van der Waals surface area contributed by atoms with E-state index in [4.69, 9.17) is 4.74 Å². The Bertz CT molecular complexity index is 3540. The lowest BCUT2D eigenvalue weighted by molar-refractivity contribution is 0.435. The zero-order chi connectivity index (χ0) is 39.4. The molecule has 1 unspecified atom stereocenters. The monoisotopic (exact) mass is 764 g/mol. The van der Waals surface area contributed by atoms with Crippen LogP contribution in [0.2, 0.25) is 0 Å². The van der Waals surface area contributed by atoms with Gasteiger partial charge in [0.2, 0.25) is 0 Å². The van der Waals surface area contributed by atoms with Gasteiger partial charge < -0.3 is 14.2 Å². The minimum Gasteiger partial charge on any atom is -0.457 e. The number of para-hydroxylation sites is 3. The van der Waals surface area contributed by atoms with Crippen molar-refractivity contribution in [3.8, 4) is 28.3 Å². The molecular formula is C57H36N2O. The molecular weight excluding hydrogens is 729 g/mol. The third-order valence-electron chi connectivity index (χ3n) is 13.0. The molecule has 3 nitrogen and oxygen atoms in total. The lowest BCUT2D eigenvalue weighted by atomic mass is 9.58. The normalized spacial score (nSPS) is 14.9. The summed E-state index contributed by atoms with van der Waals surface area (Å²) in [6.45, 7) is 0. The molecule has 0 saturated heterocycles. The largest absolute Gasteiger partial charge is 0.457 e. The third kappa shape index (κ3) is 4.54. The Morgan fingerprint density at radius 3 is 1.93 bits per heavy atom. The molecule has 11 aromatic rings. The van der Waals surface area contributed by atoms with E-state index in [2.05, 4.69) is 228 Å². The fourth-order valence-corrected chi connectivity index (χ4v) is 10.5. The molecule has 0 bridgehead atoms. The third-order valence-corrected chi connectivity index (χ3v) is 13.0. The maximum atomic E-state index is 6.91. The van der Waals surface area contributed by atoms with Gasteiger partial charge in [-0.3, -0.25) is 0 Å². The number of benzene rings is 10. The molecule has 2 aliphatic rings. The van der Waals surface area contributed by atoms with Crippen LogP contribution in [-0.2, 0) is 5.41 Å². The van der Waals surface area contributed by atoms with Gasteiger partial charge in [0.15, 0.2) is 0 Å². The smallest absolute Gasteiger partial charge is 0.132 e. The standard InChI is InChI=1S/C57H36N2O/c1-2-18-40(19-3-1)58(43-30-32-46-45-21-7-10-26-52(45)59(53(46)36-43)41-29-28-37-14-4-5-15-39(37)34-41)42-31-33-55-51(35-42)57(49-24-9-11-27-54(49)60-55)48-23-8-6-20-44(48)47-22-12-16-38-17-13-25-50(57)56(38)47/h1-36H. The van der Waals surface area contributed by atoms with Crippen molar-refractivity contribution < 1.29 is 4.74 Å². The highest BCUT2D eigenvalue weighted by Crippen LogP contribution is 2.61. The summed E-state index contributed by atoms with van der Waals surface area (Å²) >= 11 is 0. The van der Waals surface area contributed by atoms with Crippen LogP contribution in [0.3, 0.4) is 0 Å². The van der Waals surface area contributed by atoms with Crippen LogP contribution in [-0.4, -0.2) is 4.57 Å². The van der Waals surface area contributed by atoms with Crippen LogP contribution in [0.5, 0.6) is 11.5 Å². The van der Waals surface area contributed by atoms with Gasteiger partial charge in [-0.25, -0.2) is 0 Å². The number of aromatic nitrogens is 1. The lowest BCUT2D eigenvalue weighted by Crippen LogP contribution is -2.36. The molecule has 13 rings (SSSR count). The van der Waals surface area contributed by atoms with Crippen molar-refractivity contribution in [3.05, 3.63) is 241 Å². The van der Waals surface area contributed by atoms with Crippen LogP contribution in [0, 0.1) is 0 Å². The van der Waals surface area contributed by atoms with Crippen molar-refractivity contribution in [3.63, 3.8) is 0 Å². The zero-order valence-electron chi connectivity index (χ0n) is 32.6. The highest BCUT2D eigenvalue weighted by atomic mass is 16.5. The molecule has 2 heterocycles. The molecule has 0 saturated carbocycles. The van der Waals surface area contributed by atoms with Crippen LogP contribution >= 0.6 is 0 Å². The number of nitrogens with zero attached hydrogens (tertiary/aromatic N) is 2. The summed E-state index contributed by atoms with van der Waals surface area (Å²) in [6, 6.07) is 79.8. The van der Waals surface area contributed by atoms with Gasteiger partial charge in [0.25, 0.3) is 0 Å². The molecule has 1 aliphatic carbocycles. The molecule has 1 aromatic heterocycles. The SMILES string of the molecule is c1ccc(N(c2ccc3c(c2)C2(c4ccccc4O3)c3ccccc3-c3cccc4cccc2c34)c2ccc3c4ccccc4n(-c4ccc5ccccc5c4)c3c2)cc1. The first kappa shape index (κ1) is 33.1. The Hall–Kier alpha value is -7.88. The first-order valence-corrected chi connectivity index (χ1v) is 20.7. The number of fused-ring (bicyclic) bond motifs is 12. The average Bonchev–Trinajstić information content (AvgIpc) is 3.64. The van der Waals surface area contributed by atoms with Crippen LogP contribution in [0.25, 0.3) is 60.2 Å². The molecule has 1 atom stereocenters. The van der Waals surface area contributed by atoms with E-state index in [9.17, 15) is 0 Å². The maximum Gasteiger partial charge on any atom is 0.132 e. The Morgan fingerprint density at radius 1 is 0.367 bits per heavy atom. The van der Waals surface area contributed by atoms with Crippen molar-refractivity contribution >= 4 is 60.4 Å². The Balaban J connectivity index is 1.09. The molecule has 10 aromatic carbocycles. The van der Waals surface area contributed by atoms with E-state index < -0.39 is 5.41 Å². The van der Waals surface area contributed by atoms with Gasteiger partial charge in [-0.05, 0) is 111 Å². The predicted molar refractivity (Wildman–Crippen MR) is 248 cm³/mol. The average molecular weight is 765 g/mol. The summed E-state index contributed by atoms with van der Waals surface area (Å²) in [5.41, 5.74) is 13.4. The minimum absolute atomic E-state index is 0.639. The van der Waals surface area contributed by atoms with Crippen LogP contribution in [0.15, 0.2) is 218 Å². The second kappa shape index (κ2) is 12.6. The molecule has 3 heteroatoms. The second-order valence-electron chi connectivity index (χ2n) is 16.0. The van der Waals surface area contributed by atoms with E-state index in [1.807, 2.05) is 0 Å². The number of ether oxygens (including phenoxy) is 1. The zero-order valence-corrected chi connectivity index (χ0v) is 32.6. The van der Waals surface area contributed by atoms with Crippen molar-refractivity contribution in [2.75, 3.05) is 4.90 Å². The first-order valence-electron chi connectivity index (χ1n) is 20.7. The number of hydrogen-bond donors (Lipinski definition) is 0. The van der Waals surface area contributed by atoms with Crippen molar-refractivity contribution in [1.82, 2.24) is 4.57 Å². The molecule has 1 aliphatic heterocycles. The van der Waals surface area contributed by atoms with E-state index in [1.165, 1.54) is 60.1 Å². The van der Waals surface area contributed by atoms with Gasteiger partial charge in [0.1, 0.15) is 11.5 Å². The second-order valence-corrected chi connectivity index (χ2v) is 16.0. The summed E-state index contributed by atoms with van der Waals surface area (Å²) in [7, 11) is 0. The van der Waals surface area contributed by atoms with E-state index in [0.717, 1.165) is 50.9 Å². The summed E-state index contributed by atoms with van der Waals surface area (Å²) in [5.74, 6) is 1.75. The van der Waals surface area contributed by atoms with Crippen LogP contribution < -0.4 is 9.64 Å². The van der Waals surface area contributed by atoms with E-state index in [0.29, 0.717) is 0 Å². The highest BCUT2D eigenvalue weighted by Gasteiger charge is 2.49. The Labute approximate surface area is 347 Å². The fraction of sp³-hybridized carbons (Fsp3) is 0.0175. The molecule has 60 heavy (non-hydrogen) atoms. The summed E-state index contributed by atoms with van der Waals surface area (Å²) in [5, 5.41) is 7.43. The maximum absolute atomic E-state index is 6.91. The minimum atomic E-state index is -0.639. The van der Waals surface area contributed by atoms with Gasteiger partial charge in [0.05, 0.1) is 16.4 Å². The first-order chi connectivity index (χ1) is 29.8. The topological polar surface area (TPSA) is 17.4 Å². The van der Waals surface area contributed by atoms with Gasteiger partial charge >= 0.3 is 0 Å². The van der Waals surface area contributed by atoms with Crippen molar-refractivity contribution in [1.29, 1.82) is 0 Å². The quantitative estimate of drug-likeness (QED) is 0.178. The molecule has 0 amide bonds. The van der Waals surface area contributed by atoms with E-state index in [1.54, 1.807) is 0 Å². The van der Waals surface area contributed by atoms with Crippen molar-refractivity contribution in [2.45, 2.75) is 5.41 Å². The van der Waals surface area contributed by atoms with Gasteiger partial charge in [-0.15, -0.1) is 0 Å². The molecule has 0 radical (unpaired) electrons. The molecule has 0 N–H and O–H groups in total.